The standard InChI is InChI=1S/C18H21ClN2O3/c1-11-8-16(23-3)17(24-4)10-15(11)21-18(22)20-12(2)13-6-5-7-14(19)9-13/h5-10,12H,1-4H3,(H2,20,21,22). The van der Waals surface area contributed by atoms with E-state index in [0.29, 0.717) is 22.2 Å². The van der Waals surface area contributed by atoms with Crippen LogP contribution in [0, 0.1) is 6.92 Å². The number of aryl methyl sites for hydroxylation is 1. The zero-order chi connectivity index (χ0) is 17.7. The van der Waals surface area contributed by atoms with Crippen molar-refractivity contribution in [1.82, 2.24) is 5.32 Å². The fraction of sp³-hybridized carbons (Fsp3) is 0.278. The molecule has 0 radical (unpaired) electrons. The molecule has 0 bridgehead atoms. The fourth-order valence-electron chi connectivity index (χ4n) is 2.33. The van der Waals surface area contributed by atoms with E-state index in [2.05, 4.69) is 10.6 Å². The van der Waals surface area contributed by atoms with Gasteiger partial charge in [0.15, 0.2) is 11.5 Å². The number of carbonyl (C=O) groups is 1. The fourth-order valence-corrected chi connectivity index (χ4v) is 2.53. The summed E-state index contributed by atoms with van der Waals surface area (Å²) in [7, 11) is 3.13. The van der Waals surface area contributed by atoms with Crippen molar-refractivity contribution in [3.8, 4) is 11.5 Å². The first-order valence-corrected chi connectivity index (χ1v) is 7.88. The van der Waals surface area contributed by atoms with E-state index in [-0.39, 0.29) is 12.1 Å². The van der Waals surface area contributed by atoms with Crippen molar-refractivity contribution in [1.29, 1.82) is 0 Å². The molecule has 5 nitrogen and oxygen atoms in total. The van der Waals surface area contributed by atoms with Gasteiger partial charge in [0, 0.05) is 16.8 Å². The first-order valence-electron chi connectivity index (χ1n) is 7.50. The predicted octanol–water partition coefficient (Wildman–Crippen LogP) is 4.55. The van der Waals surface area contributed by atoms with E-state index in [9.17, 15) is 4.79 Å². The summed E-state index contributed by atoms with van der Waals surface area (Å²) in [6, 6.07) is 10.5. The number of hydrogen-bond acceptors (Lipinski definition) is 3. The van der Waals surface area contributed by atoms with Crippen molar-refractivity contribution in [2.24, 2.45) is 0 Å². The van der Waals surface area contributed by atoms with Gasteiger partial charge in [-0.25, -0.2) is 4.79 Å². The molecule has 0 aliphatic rings. The van der Waals surface area contributed by atoms with Gasteiger partial charge in [-0.15, -0.1) is 0 Å². The van der Waals surface area contributed by atoms with Crippen molar-refractivity contribution in [3.05, 3.63) is 52.5 Å². The van der Waals surface area contributed by atoms with E-state index in [1.165, 1.54) is 0 Å². The number of halogens is 1. The minimum atomic E-state index is -0.308. The van der Waals surface area contributed by atoms with E-state index in [1.54, 1.807) is 26.4 Å². The van der Waals surface area contributed by atoms with Gasteiger partial charge >= 0.3 is 6.03 Å². The second kappa shape index (κ2) is 7.93. The monoisotopic (exact) mass is 348 g/mol. The Morgan fingerprint density at radius 3 is 2.42 bits per heavy atom. The lowest BCUT2D eigenvalue weighted by Crippen LogP contribution is -2.31. The molecular weight excluding hydrogens is 328 g/mol. The van der Waals surface area contributed by atoms with Gasteiger partial charge in [-0.3, -0.25) is 0 Å². The van der Waals surface area contributed by atoms with Crippen molar-refractivity contribution in [2.75, 3.05) is 19.5 Å². The molecule has 1 atom stereocenters. The number of methoxy groups -OCH3 is 2. The van der Waals surface area contributed by atoms with Crippen LogP contribution in [0.3, 0.4) is 0 Å². The quantitative estimate of drug-likeness (QED) is 0.833. The van der Waals surface area contributed by atoms with Gasteiger partial charge in [-0.05, 0) is 43.2 Å². The summed E-state index contributed by atoms with van der Waals surface area (Å²) in [5.74, 6) is 1.18. The van der Waals surface area contributed by atoms with Crippen LogP contribution in [0.4, 0.5) is 10.5 Å². The van der Waals surface area contributed by atoms with Gasteiger partial charge in [0.25, 0.3) is 0 Å². The summed E-state index contributed by atoms with van der Waals surface area (Å²) in [4.78, 5) is 12.3. The number of urea groups is 1. The lowest BCUT2D eigenvalue weighted by molar-refractivity contribution is 0.249. The molecule has 0 heterocycles. The number of anilines is 1. The maximum absolute atomic E-state index is 12.3. The molecule has 2 aromatic carbocycles. The van der Waals surface area contributed by atoms with Crippen molar-refractivity contribution < 1.29 is 14.3 Å². The molecule has 0 aliphatic carbocycles. The van der Waals surface area contributed by atoms with Gasteiger partial charge in [0.05, 0.1) is 20.3 Å². The van der Waals surface area contributed by atoms with E-state index in [0.717, 1.165) is 11.1 Å². The first-order chi connectivity index (χ1) is 11.4. The van der Waals surface area contributed by atoms with Gasteiger partial charge in [-0.2, -0.15) is 0 Å². The maximum atomic E-state index is 12.3. The third-order valence-corrected chi connectivity index (χ3v) is 3.91. The van der Waals surface area contributed by atoms with E-state index in [1.807, 2.05) is 38.1 Å². The summed E-state index contributed by atoms with van der Waals surface area (Å²) in [5, 5.41) is 6.35. The number of ether oxygens (including phenoxy) is 2. The second-order valence-electron chi connectivity index (χ2n) is 5.40. The van der Waals surface area contributed by atoms with E-state index < -0.39 is 0 Å². The van der Waals surface area contributed by atoms with Crippen LogP contribution in [-0.4, -0.2) is 20.3 Å². The average molecular weight is 349 g/mol. The lowest BCUT2D eigenvalue weighted by atomic mass is 10.1. The Kier molecular flexibility index (Phi) is 5.93. The van der Waals surface area contributed by atoms with Crippen LogP contribution in [0.15, 0.2) is 36.4 Å². The molecule has 0 aromatic heterocycles. The molecule has 2 aromatic rings. The molecule has 2 rings (SSSR count). The molecule has 2 N–H and O–H groups in total. The molecular formula is C18H21ClN2O3. The van der Waals surface area contributed by atoms with Crippen LogP contribution in [0.25, 0.3) is 0 Å². The molecule has 128 valence electrons. The van der Waals surface area contributed by atoms with Crippen molar-refractivity contribution >= 4 is 23.3 Å². The highest BCUT2D eigenvalue weighted by Gasteiger charge is 2.13. The highest BCUT2D eigenvalue weighted by Crippen LogP contribution is 2.32. The number of amides is 2. The van der Waals surface area contributed by atoms with Crippen LogP contribution in [-0.2, 0) is 0 Å². The second-order valence-corrected chi connectivity index (χ2v) is 5.83. The molecule has 0 fully saturated rings. The topological polar surface area (TPSA) is 59.6 Å². The van der Waals surface area contributed by atoms with Crippen LogP contribution < -0.4 is 20.1 Å². The van der Waals surface area contributed by atoms with Crippen molar-refractivity contribution in [2.45, 2.75) is 19.9 Å². The normalized spacial score (nSPS) is 11.5. The minimum Gasteiger partial charge on any atom is -0.493 e. The highest BCUT2D eigenvalue weighted by molar-refractivity contribution is 6.30. The Morgan fingerprint density at radius 2 is 1.79 bits per heavy atom. The molecule has 24 heavy (non-hydrogen) atoms. The molecule has 0 spiro atoms. The van der Waals surface area contributed by atoms with Gasteiger partial charge in [-0.1, -0.05) is 23.7 Å². The SMILES string of the molecule is COc1cc(C)c(NC(=O)NC(C)c2cccc(Cl)c2)cc1OC. The Balaban J connectivity index is 2.09. The Labute approximate surface area is 146 Å². The zero-order valence-corrected chi connectivity index (χ0v) is 14.9. The Hall–Kier alpha value is -2.40. The van der Waals surface area contributed by atoms with E-state index >= 15 is 0 Å². The summed E-state index contributed by atoms with van der Waals surface area (Å²) in [6.07, 6.45) is 0. The predicted molar refractivity (Wildman–Crippen MR) is 96.3 cm³/mol. The van der Waals surface area contributed by atoms with Gasteiger partial charge < -0.3 is 20.1 Å². The summed E-state index contributed by atoms with van der Waals surface area (Å²) >= 11 is 5.98. The van der Waals surface area contributed by atoms with Crippen LogP contribution in [0.1, 0.15) is 24.1 Å². The lowest BCUT2D eigenvalue weighted by Gasteiger charge is -2.17. The largest absolute Gasteiger partial charge is 0.493 e. The minimum absolute atomic E-state index is 0.177. The third kappa shape index (κ3) is 4.32. The van der Waals surface area contributed by atoms with Crippen LogP contribution in [0.5, 0.6) is 11.5 Å². The first kappa shape index (κ1) is 17.9. The number of benzene rings is 2. The molecule has 2 amide bonds. The summed E-state index contributed by atoms with van der Waals surface area (Å²) in [5.41, 5.74) is 2.46. The van der Waals surface area contributed by atoms with Crippen LogP contribution in [0.2, 0.25) is 5.02 Å². The smallest absolute Gasteiger partial charge is 0.319 e. The number of carbonyl (C=O) groups excluding carboxylic acids is 1. The number of nitrogens with one attached hydrogen (secondary N) is 2. The summed E-state index contributed by atoms with van der Waals surface area (Å²) in [6.45, 7) is 3.78. The number of rotatable bonds is 5. The average Bonchev–Trinajstić information content (AvgIpc) is 2.56. The highest BCUT2D eigenvalue weighted by atomic mass is 35.5. The van der Waals surface area contributed by atoms with Crippen molar-refractivity contribution in [3.63, 3.8) is 0 Å². The van der Waals surface area contributed by atoms with E-state index in [4.69, 9.17) is 21.1 Å². The molecule has 6 heteroatoms. The summed E-state index contributed by atoms with van der Waals surface area (Å²) < 4.78 is 10.5. The third-order valence-electron chi connectivity index (χ3n) is 3.68. The number of hydrogen-bond donors (Lipinski definition) is 2. The molecule has 0 saturated heterocycles. The Bertz CT molecular complexity index is 734. The maximum Gasteiger partial charge on any atom is 0.319 e. The molecule has 0 aliphatic heterocycles. The van der Waals surface area contributed by atoms with Gasteiger partial charge in [0.1, 0.15) is 0 Å². The van der Waals surface area contributed by atoms with Gasteiger partial charge in [0.2, 0.25) is 0 Å². The van der Waals surface area contributed by atoms with Crippen LogP contribution >= 0.6 is 11.6 Å². The zero-order valence-electron chi connectivity index (χ0n) is 14.1. The molecule has 1 unspecified atom stereocenters. The molecule has 0 saturated carbocycles. The Morgan fingerprint density at radius 1 is 1.12 bits per heavy atom.